The quantitative estimate of drug-likeness (QED) is 0.832. The minimum absolute atomic E-state index is 0.0413. The third-order valence-electron chi connectivity index (χ3n) is 5.52. The van der Waals surface area contributed by atoms with E-state index in [4.69, 9.17) is 4.42 Å². The topological polar surface area (TPSA) is 66.7 Å². The van der Waals surface area contributed by atoms with Crippen LogP contribution >= 0.6 is 0 Å². The van der Waals surface area contributed by atoms with Crippen LogP contribution in [0.3, 0.4) is 0 Å². The maximum atomic E-state index is 13.9. The van der Waals surface area contributed by atoms with Crippen molar-refractivity contribution in [3.63, 3.8) is 0 Å². The second-order valence-corrected chi connectivity index (χ2v) is 7.49. The lowest BCUT2D eigenvalue weighted by atomic mass is 9.81. The van der Waals surface area contributed by atoms with Crippen LogP contribution in [0.2, 0.25) is 0 Å². The molecule has 7 heteroatoms. The predicted molar refractivity (Wildman–Crippen MR) is 95.6 cm³/mol. The van der Waals surface area contributed by atoms with Gasteiger partial charge in [0.15, 0.2) is 0 Å². The van der Waals surface area contributed by atoms with Crippen molar-refractivity contribution in [3.8, 4) is 0 Å². The Labute approximate surface area is 157 Å². The minimum atomic E-state index is -0.541. The SMILES string of the molecule is CC1CC(N(C)C(=O)c2nc3c(o2)CCN(C(=O)c2ccccc2F)C3)C1. The van der Waals surface area contributed by atoms with E-state index in [1.165, 1.54) is 17.0 Å². The standard InChI is InChI=1S/C20H22FN3O3/c1-12-9-13(10-12)23(2)20(26)18-22-16-11-24(8-7-17(16)27-18)19(25)14-5-3-4-6-15(14)21/h3-6,12-13H,7-11H2,1-2H3. The number of benzene rings is 1. The summed E-state index contributed by atoms with van der Waals surface area (Å²) in [5.41, 5.74) is 0.615. The highest BCUT2D eigenvalue weighted by atomic mass is 19.1. The van der Waals surface area contributed by atoms with Gasteiger partial charge < -0.3 is 14.2 Å². The zero-order chi connectivity index (χ0) is 19.1. The van der Waals surface area contributed by atoms with Crippen LogP contribution in [0.4, 0.5) is 4.39 Å². The highest BCUT2D eigenvalue weighted by Crippen LogP contribution is 2.31. The Morgan fingerprint density at radius 2 is 2.04 bits per heavy atom. The molecule has 1 aromatic carbocycles. The van der Waals surface area contributed by atoms with Gasteiger partial charge in [0, 0.05) is 26.1 Å². The normalized spacial score (nSPS) is 21.4. The number of carbonyl (C=O) groups excluding carboxylic acids is 2. The molecule has 6 nitrogen and oxygen atoms in total. The van der Waals surface area contributed by atoms with Crippen LogP contribution in [0.25, 0.3) is 0 Å². The summed E-state index contributed by atoms with van der Waals surface area (Å²) in [6.45, 7) is 2.78. The number of amides is 2. The Morgan fingerprint density at radius 1 is 1.30 bits per heavy atom. The molecule has 0 spiro atoms. The van der Waals surface area contributed by atoms with Gasteiger partial charge in [-0.25, -0.2) is 9.37 Å². The third kappa shape index (κ3) is 3.22. The Kier molecular flexibility index (Phi) is 4.45. The summed E-state index contributed by atoms with van der Waals surface area (Å²) in [6, 6.07) is 6.16. The van der Waals surface area contributed by atoms with Gasteiger partial charge in [0.25, 0.3) is 11.8 Å². The van der Waals surface area contributed by atoms with Crippen LogP contribution in [0, 0.1) is 11.7 Å². The molecule has 1 aliphatic heterocycles. The minimum Gasteiger partial charge on any atom is -0.437 e. The zero-order valence-corrected chi connectivity index (χ0v) is 15.4. The Balaban J connectivity index is 1.48. The summed E-state index contributed by atoms with van der Waals surface area (Å²) >= 11 is 0. The maximum Gasteiger partial charge on any atom is 0.309 e. The van der Waals surface area contributed by atoms with Crippen molar-refractivity contribution in [1.29, 1.82) is 0 Å². The molecule has 2 aliphatic rings. The van der Waals surface area contributed by atoms with Crippen LogP contribution in [0.1, 0.15) is 52.3 Å². The van der Waals surface area contributed by atoms with Crippen LogP contribution < -0.4 is 0 Å². The van der Waals surface area contributed by atoms with Crippen molar-refractivity contribution < 1.29 is 18.4 Å². The van der Waals surface area contributed by atoms with E-state index in [9.17, 15) is 14.0 Å². The van der Waals surface area contributed by atoms with Gasteiger partial charge in [-0.2, -0.15) is 0 Å². The fourth-order valence-corrected chi connectivity index (χ4v) is 3.76. The lowest BCUT2D eigenvalue weighted by molar-refractivity contribution is 0.0530. The molecular formula is C20H22FN3O3. The number of fused-ring (bicyclic) bond motifs is 1. The molecule has 27 heavy (non-hydrogen) atoms. The molecule has 4 rings (SSSR count). The fourth-order valence-electron chi connectivity index (χ4n) is 3.76. The Bertz CT molecular complexity index is 888. The Morgan fingerprint density at radius 3 is 2.74 bits per heavy atom. The van der Waals surface area contributed by atoms with Crippen molar-refractivity contribution in [2.75, 3.05) is 13.6 Å². The molecule has 0 atom stereocenters. The molecule has 1 saturated carbocycles. The second-order valence-electron chi connectivity index (χ2n) is 7.49. The van der Waals surface area contributed by atoms with E-state index in [0.717, 1.165) is 12.8 Å². The summed E-state index contributed by atoms with van der Waals surface area (Å²) in [5.74, 6) is 0.193. The second kappa shape index (κ2) is 6.79. The van der Waals surface area contributed by atoms with Crippen molar-refractivity contribution >= 4 is 11.8 Å². The summed E-state index contributed by atoms with van der Waals surface area (Å²) in [6.07, 6.45) is 2.45. The number of hydrogen-bond acceptors (Lipinski definition) is 4. The van der Waals surface area contributed by atoms with Gasteiger partial charge in [0.1, 0.15) is 17.3 Å². The number of oxazole rings is 1. The summed E-state index contributed by atoms with van der Waals surface area (Å²) in [5, 5.41) is 0. The number of hydrogen-bond donors (Lipinski definition) is 0. The molecule has 2 amide bonds. The fraction of sp³-hybridized carbons (Fsp3) is 0.450. The molecule has 0 bridgehead atoms. The van der Waals surface area contributed by atoms with Gasteiger partial charge in [-0.15, -0.1) is 0 Å². The monoisotopic (exact) mass is 371 g/mol. The summed E-state index contributed by atoms with van der Waals surface area (Å²) < 4.78 is 19.6. The smallest absolute Gasteiger partial charge is 0.309 e. The van der Waals surface area contributed by atoms with Crippen LogP contribution in [-0.4, -0.2) is 46.2 Å². The van der Waals surface area contributed by atoms with Crippen LogP contribution in [-0.2, 0) is 13.0 Å². The van der Waals surface area contributed by atoms with Crippen molar-refractivity contribution in [2.45, 2.75) is 38.8 Å². The first kappa shape index (κ1) is 17.7. The van der Waals surface area contributed by atoms with Gasteiger partial charge in [0.2, 0.25) is 0 Å². The summed E-state index contributed by atoms with van der Waals surface area (Å²) in [4.78, 5) is 32.8. The predicted octanol–water partition coefficient (Wildman–Crippen LogP) is 2.88. The highest BCUT2D eigenvalue weighted by molar-refractivity contribution is 5.94. The molecule has 2 aromatic rings. The van der Waals surface area contributed by atoms with E-state index in [2.05, 4.69) is 11.9 Å². The molecule has 0 saturated heterocycles. The maximum absolute atomic E-state index is 13.9. The number of carbonyl (C=O) groups is 2. The average molecular weight is 371 g/mol. The number of halogens is 1. The molecular weight excluding hydrogens is 349 g/mol. The third-order valence-corrected chi connectivity index (χ3v) is 5.52. The largest absolute Gasteiger partial charge is 0.437 e. The van der Waals surface area contributed by atoms with Gasteiger partial charge >= 0.3 is 5.91 Å². The van der Waals surface area contributed by atoms with E-state index < -0.39 is 5.82 Å². The first-order chi connectivity index (χ1) is 12.9. The molecule has 142 valence electrons. The lowest BCUT2D eigenvalue weighted by Crippen LogP contribution is -2.44. The van der Waals surface area contributed by atoms with E-state index in [1.807, 2.05) is 0 Å². The molecule has 0 unspecified atom stereocenters. The first-order valence-corrected chi connectivity index (χ1v) is 9.23. The van der Waals surface area contributed by atoms with E-state index in [-0.39, 0.29) is 35.9 Å². The molecule has 2 heterocycles. The number of aromatic nitrogens is 1. The van der Waals surface area contributed by atoms with Crippen LogP contribution in [0.15, 0.2) is 28.7 Å². The van der Waals surface area contributed by atoms with E-state index >= 15 is 0 Å². The molecule has 0 N–H and O–H groups in total. The van der Waals surface area contributed by atoms with Gasteiger partial charge in [-0.05, 0) is 30.9 Å². The van der Waals surface area contributed by atoms with Gasteiger partial charge in [0.05, 0.1) is 12.1 Å². The van der Waals surface area contributed by atoms with E-state index in [0.29, 0.717) is 30.3 Å². The first-order valence-electron chi connectivity index (χ1n) is 9.23. The van der Waals surface area contributed by atoms with E-state index in [1.54, 1.807) is 24.1 Å². The number of rotatable bonds is 3. The van der Waals surface area contributed by atoms with Crippen LogP contribution in [0.5, 0.6) is 0 Å². The lowest BCUT2D eigenvalue weighted by Gasteiger charge is -2.38. The molecule has 1 aliphatic carbocycles. The van der Waals surface area contributed by atoms with Crippen molar-refractivity contribution in [2.24, 2.45) is 5.92 Å². The zero-order valence-electron chi connectivity index (χ0n) is 15.4. The number of nitrogens with zero attached hydrogens (tertiary/aromatic N) is 3. The summed E-state index contributed by atoms with van der Waals surface area (Å²) in [7, 11) is 1.77. The van der Waals surface area contributed by atoms with Crippen molar-refractivity contribution in [3.05, 3.63) is 53.0 Å². The van der Waals surface area contributed by atoms with Gasteiger partial charge in [-0.3, -0.25) is 9.59 Å². The van der Waals surface area contributed by atoms with Gasteiger partial charge in [-0.1, -0.05) is 19.1 Å². The molecule has 1 aromatic heterocycles. The molecule has 1 fully saturated rings. The Hall–Kier alpha value is -2.70. The molecule has 0 radical (unpaired) electrons. The van der Waals surface area contributed by atoms with Crippen molar-refractivity contribution in [1.82, 2.24) is 14.8 Å². The highest BCUT2D eigenvalue weighted by Gasteiger charge is 2.35. The average Bonchev–Trinajstić information content (AvgIpc) is 3.07.